The number of benzene rings is 1. The zero-order valence-corrected chi connectivity index (χ0v) is 10.8. The van der Waals surface area contributed by atoms with Gasteiger partial charge in [-0.15, -0.1) is 0 Å². The first-order valence-corrected chi connectivity index (χ1v) is 6.31. The van der Waals surface area contributed by atoms with Gasteiger partial charge in [0.05, 0.1) is 10.0 Å². The van der Waals surface area contributed by atoms with Crippen molar-refractivity contribution in [2.75, 3.05) is 11.4 Å². The van der Waals surface area contributed by atoms with Crippen molar-refractivity contribution in [2.45, 2.75) is 31.8 Å². The van der Waals surface area contributed by atoms with Gasteiger partial charge in [-0.05, 0) is 38.0 Å². The number of hydrogen-bond acceptors (Lipinski definition) is 2. The first-order chi connectivity index (χ1) is 7.58. The molecule has 2 atom stereocenters. The Hall–Kier alpha value is -0.440. The fraction of sp³-hybridized carbons (Fsp3) is 0.500. The largest absolute Gasteiger partial charge is 0.369 e. The lowest BCUT2D eigenvalue weighted by atomic mass is 9.98. The number of nitrogens with zero attached hydrogens (tertiary/aromatic N) is 1. The molecule has 88 valence electrons. The molecule has 1 aliphatic heterocycles. The lowest BCUT2D eigenvalue weighted by Crippen LogP contribution is -2.45. The summed E-state index contributed by atoms with van der Waals surface area (Å²) in [4.78, 5) is 2.34. The third-order valence-corrected chi connectivity index (χ3v) is 3.89. The molecule has 2 unspecified atom stereocenters. The van der Waals surface area contributed by atoms with Crippen LogP contribution in [0.3, 0.4) is 0 Å². The van der Waals surface area contributed by atoms with Crippen LogP contribution >= 0.6 is 23.2 Å². The Labute approximate surface area is 106 Å². The van der Waals surface area contributed by atoms with Gasteiger partial charge in [-0.1, -0.05) is 23.2 Å². The average molecular weight is 259 g/mol. The standard InChI is InChI=1S/C12H16Cl2N2/c1-8-6-9(15)4-5-16(8)10-2-3-11(13)12(14)7-10/h2-3,7-9H,4-6,15H2,1H3. The maximum absolute atomic E-state index is 6.03. The van der Waals surface area contributed by atoms with Gasteiger partial charge in [0.2, 0.25) is 0 Å². The van der Waals surface area contributed by atoms with E-state index in [-0.39, 0.29) is 0 Å². The second kappa shape index (κ2) is 4.82. The molecule has 1 saturated heterocycles. The summed E-state index contributed by atoms with van der Waals surface area (Å²) >= 11 is 11.9. The number of anilines is 1. The van der Waals surface area contributed by atoms with Crippen molar-refractivity contribution < 1.29 is 0 Å². The van der Waals surface area contributed by atoms with E-state index in [1.165, 1.54) is 0 Å². The maximum atomic E-state index is 6.03. The minimum atomic E-state index is 0.328. The summed E-state index contributed by atoms with van der Waals surface area (Å²) in [5, 5.41) is 1.22. The first kappa shape index (κ1) is 12.0. The second-order valence-corrected chi connectivity index (χ2v) is 5.24. The molecule has 0 aliphatic carbocycles. The Morgan fingerprint density at radius 2 is 2.06 bits per heavy atom. The monoisotopic (exact) mass is 258 g/mol. The molecule has 0 aromatic heterocycles. The van der Waals surface area contributed by atoms with E-state index in [2.05, 4.69) is 11.8 Å². The van der Waals surface area contributed by atoms with Crippen LogP contribution < -0.4 is 10.6 Å². The highest BCUT2D eigenvalue weighted by atomic mass is 35.5. The number of halogens is 2. The number of hydrogen-bond donors (Lipinski definition) is 1. The molecule has 0 amide bonds. The molecule has 1 aromatic carbocycles. The Morgan fingerprint density at radius 1 is 1.31 bits per heavy atom. The molecule has 16 heavy (non-hydrogen) atoms. The fourth-order valence-corrected chi connectivity index (χ4v) is 2.55. The van der Waals surface area contributed by atoms with Crippen molar-refractivity contribution >= 4 is 28.9 Å². The highest BCUT2D eigenvalue weighted by Gasteiger charge is 2.23. The minimum Gasteiger partial charge on any atom is -0.369 e. The van der Waals surface area contributed by atoms with Gasteiger partial charge in [0.1, 0.15) is 0 Å². The van der Waals surface area contributed by atoms with Crippen LogP contribution in [0.2, 0.25) is 10.0 Å². The highest BCUT2D eigenvalue weighted by molar-refractivity contribution is 6.42. The van der Waals surface area contributed by atoms with E-state index in [1.807, 2.05) is 18.2 Å². The molecule has 0 spiro atoms. The summed E-state index contributed by atoms with van der Waals surface area (Å²) in [6.45, 7) is 3.18. The van der Waals surface area contributed by atoms with Gasteiger partial charge in [-0.2, -0.15) is 0 Å². The lowest BCUT2D eigenvalue weighted by molar-refractivity contribution is 0.430. The third kappa shape index (κ3) is 2.45. The highest BCUT2D eigenvalue weighted by Crippen LogP contribution is 2.30. The number of rotatable bonds is 1. The maximum Gasteiger partial charge on any atom is 0.0612 e. The van der Waals surface area contributed by atoms with Gasteiger partial charge < -0.3 is 10.6 Å². The zero-order valence-electron chi connectivity index (χ0n) is 9.29. The van der Waals surface area contributed by atoms with Gasteiger partial charge in [0.25, 0.3) is 0 Å². The van der Waals surface area contributed by atoms with E-state index in [1.54, 1.807) is 0 Å². The van der Waals surface area contributed by atoms with Crippen LogP contribution in [-0.2, 0) is 0 Å². The molecule has 0 saturated carbocycles. The van der Waals surface area contributed by atoms with E-state index in [0.717, 1.165) is 25.1 Å². The average Bonchev–Trinajstić information content (AvgIpc) is 2.22. The molecule has 0 bridgehead atoms. The summed E-state index contributed by atoms with van der Waals surface area (Å²) in [5.41, 5.74) is 7.08. The molecule has 1 aromatic rings. The lowest BCUT2D eigenvalue weighted by Gasteiger charge is -2.38. The minimum absolute atomic E-state index is 0.328. The van der Waals surface area contributed by atoms with E-state index in [9.17, 15) is 0 Å². The molecule has 1 fully saturated rings. The molecule has 1 heterocycles. The van der Waals surface area contributed by atoms with Crippen molar-refractivity contribution in [3.05, 3.63) is 28.2 Å². The van der Waals surface area contributed by atoms with Crippen LogP contribution in [0.5, 0.6) is 0 Å². The van der Waals surface area contributed by atoms with Crippen molar-refractivity contribution in [2.24, 2.45) is 5.73 Å². The SMILES string of the molecule is CC1CC(N)CCN1c1ccc(Cl)c(Cl)c1. The van der Waals surface area contributed by atoms with E-state index < -0.39 is 0 Å². The molecule has 2 nitrogen and oxygen atoms in total. The molecule has 4 heteroatoms. The summed E-state index contributed by atoms with van der Waals surface area (Å²) < 4.78 is 0. The van der Waals surface area contributed by atoms with Crippen LogP contribution in [0.15, 0.2) is 18.2 Å². The smallest absolute Gasteiger partial charge is 0.0612 e. The van der Waals surface area contributed by atoms with Crippen molar-refractivity contribution in [1.29, 1.82) is 0 Å². The van der Waals surface area contributed by atoms with E-state index in [0.29, 0.717) is 22.1 Å². The molecule has 2 N–H and O–H groups in total. The van der Waals surface area contributed by atoms with Gasteiger partial charge in [-0.3, -0.25) is 0 Å². The van der Waals surface area contributed by atoms with Gasteiger partial charge in [0, 0.05) is 24.3 Å². The van der Waals surface area contributed by atoms with Gasteiger partial charge >= 0.3 is 0 Å². The van der Waals surface area contributed by atoms with Crippen molar-refractivity contribution in [1.82, 2.24) is 0 Å². The van der Waals surface area contributed by atoms with Crippen molar-refractivity contribution in [3.63, 3.8) is 0 Å². The summed E-state index contributed by atoms with van der Waals surface area (Å²) in [6, 6.07) is 6.58. The Kier molecular flexibility index (Phi) is 3.63. The predicted octanol–water partition coefficient (Wildman–Crippen LogP) is 3.31. The van der Waals surface area contributed by atoms with Crippen molar-refractivity contribution in [3.8, 4) is 0 Å². The molecule has 1 aliphatic rings. The van der Waals surface area contributed by atoms with Crippen LogP contribution in [0, 0.1) is 0 Å². The van der Waals surface area contributed by atoms with Crippen LogP contribution in [0.1, 0.15) is 19.8 Å². The second-order valence-electron chi connectivity index (χ2n) is 4.43. The zero-order chi connectivity index (χ0) is 11.7. The van der Waals surface area contributed by atoms with Crippen LogP contribution in [-0.4, -0.2) is 18.6 Å². The van der Waals surface area contributed by atoms with Gasteiger partial charge in [-0.25, -0.2) is 0 Å². The molecular weight excluding hydrogens is 243 g/mol. The van der Waals surface area contributed by atoms with E-state index in [4.69, 9.17) is 28.9 Å². The normalized spacial score (nSPS) is 25.9. The van der Waals surface area contributed by atoms with E-state index >= 15 is 0 Å². The molecule has 0 radical (unpaired) electrons. The summed E-state index contributed by atoms with van der Waals surface area (Å²) in [7, 11) is 0. The topological polar surface area (TPSA) is 29.3 Å². The summed E-state index contributed by atoms with van der Waals surface area (Å²) in [6.07, 6.45) is 2.06. The first-order valence-electron chi connectivity index (χ1n) is 5.55. The predicted molar refractivity (Wildman–Crippen MR) is 70.5 cm³/mol. The quantitative estimate of drug-likeness (QED) is 0.838. The number of piperidine rings is 1. The fourth-order valence-electron chi connectivity index (χ4n) is 2.26. The molecule has 2 rings (SSSR count). The third-order valence-electron chi connectivity index (χ3n) is 3.15. The molecular formula is C12H16Cl2N2. The van der Waals surface area contributed by atoms with Crippen LogP contribution in [0.4, 0.5) is 5.69 Å². The Balaban J connectivity index is 2.20. The summed E-state index contributed by atoms with van der Waals surface area (Å²) in [5.74, 6) is 0. The van der Waals surface area contributed by atoms with Gasteiger partial charge in [0.15, 0.2) is 0 Å². The number of nitrogens with two attached hydrogens (primary N) is 1. The Bertz CT molecular complexity index is 381. The Morgan fingerprint density at radius 3 is 2.69 bits per heavy atom. The van der Waals surface area contributed by atoms with Crippen LogP contribution in [0.25, 0.3) is 0 Å².